The lowest BCUT2D eigenvalue weighted by molar-refractivity contribution is 0.743. The number of anilines is 1. The molecule has 0 fully saturated rings. The van der Waals surface area contributed by atoms with Crippen LogP contribution in [0, 0.1) is 0 Å². The van der Waals surface area contributed by atoms with E-state index in [2.05, 4.69) is 41.7 Å². The standard InChI is InChI=1S/C14H18N2/c1-3-8-15-11-12-6-7-13-5-4-9-16(2)14(13)10-12/h3,6-8,10H,1,4-5,9,11H2,2H3/b15-8-. The molecular weight excluding hydrogens is 196 g/mol. The van der Waals surface area contributed by atoms with Crippen molar-refractivity contribution in [3.63, 3.8) is 0 Å². The summed E-state index contributed by atoms with van der Waals surface area (Å²) in [7, 11) is 2.16. The van der Waals surface area contributed by atoms with E-state index in [9.17, 15) is 0 Å². The lowest BCUT2D eigenvalue weighted by Crippen LogP contribution is -2.24. The smallest absolute Gasteiger partial charge is 0.0640 e. The molecule has 0 atom stereocenters. The summed E-state index contributed by atoms with van der Waals surface area (Å²) in [5.41, 5.74) is 4.10. The second-order valence-corrected chi connectivity index (χ2v) is 4.21. The van der Waals surface area contributed by atoms with Gasteiger partial charge in [-0.25, -0.2) is 0 Å². The second-order valence-electron chi connectivity index (χ2n) is 4.21. The molecule has 2 rings (SSSR count). The molecule has 0 bridgehead atoms. The van der Waals surface area contributed by atoms with Crippen LogP contribution in [0.1, 0.15) is 17.5 Å². The van der Waals surface area contributed by atoms with Crippen LogP contribution in [-0.4, -0.2) is 19.8 Å². The SMILES string of the molecule is C=C/C=N\Cc1ccc2c(c1)N(C)CCC2. The first-order chi connectivity index (χ1) is 7.81. The molecule has 0 aliphatic carbocycles. The highest BCUT2D eigenvalue weighted by molar-refractivity contribution is 5.70. The Kier molecular flexibility index (Phi) is 3.40. The molecule has 1 aromatic rings. The van der Waals surface area contributed by atoms with Gasteiger partial charge in [-0.3, -0.25) is 4.99 Å². The molecule has 0 aromatic heterocycles. The Hall–Kier alpha value is -1.57. The van der Waals surface area contributed by atoms with Gasteiger partial charge in [0.15, 0.2) is 0 Å². The molecule has 16 heavy (non-hydrogen) atoms. The number of hydrogen-bond donors (Lipinski definition) is 0. The molecule has 0 radical (unpaired) electrons. The first-order valence-electron chi connectivity index (χ1n) is 5.75. The van der Waals surface area contributed by atoms with Crippen molar-refractivity contribution < 1.29 is 0 Å². The number of allylic oxidation sites excluding steroid dienone is 1. The molecule has 0 N–H and O–H groups in total. The number of benzene rings is 1. The summed E-state index contributed by atoms with van der Waals surface area (Å²) in [6.07, 6.45) is 5.93. The van der Waals surface area contributed by atoms with Crippen LogP contribution in [0.15, 0.2) is 35.8 Å². The summed E-state index contributed by atoms with van der Waals surface area (Å²) in [6, 6.07) is 6.68. The molecule has 0 saturated carbocycles. The van der Waals surface area contributed by atoms with Gasteiger partial charge in [-0.1, -0.05) is 24.8 Å². The van der Waals surface area contributed by atoms with Crippen molar-refractivity contribution in [2.75, 3.05) is 18.5 Å². The summed E-state index contributed by atoms with van der Waals surface area (Å²) in [5.74, 6) is 0. The number of aryl methyl sites for hydroxylation is 1. The number of rotatable bonds is 3. The zero-order valence-corrected chi connectivity index (χ0v) is 9.82. The molecule has 1 aromatic carbocycles. The quantitative estimate of drug-likeness (QED) is 0.706. The fourth-order valence-corrected chi connectivity index (χ4v) is 2.13. The van der Waals surface area contributed by atoms with E-state index in [0.717, 1.165) is 13.1 Å². The minimum atomic E-state index is 0.743. The fraction of sp³-hybridized carbons (Fsp3) is 0.357. The van der Waals surface area contributed by atoms with Crippen LogP contribution >= 0.6 is 0 Å². The summed E-state index contributed by atoms with van der Waals surface area (Å²) < 4.78 is 0. The highest BCUT2D eigenvalue weighted by atomic mass is 15.1. The van der Waals surface area contributed by atoms with E-state index in [-0.39, 0.29) is 0 Å². The van der Waals surface area contributed by atoms with Crippen LogP contribution in [0.2, 0.25) is 0 Å². The molecule has 1 heterocycles. The third-order valence-corrected chi connectivity index (χ3v) is 2.99. The van der Waals surface area contributed by atoms with Crippen LogP contribution in [-0.2, 0) is 13.0 Å². The van der Waals surface area contributed by atoms with Crippen LogP contribution < -0.4 is 4.90 Å². The summed E-state index contributed by atoms with van der Waals surface area (Å²) in [5, 5.41) is 0. The number of nitrogens with zero attached hydrogens (tertiary/aromatic N) is 2. The highest BCUT2D eigenvalue weighted by Crippen LogP contribution is 2.27. The third-order valence-electron chi connectivity index (χ3n) is 2.99. The minimum Gasteiger partial charge on any atom is -0.374 e. The maximum Gasteiger partial charge on any atom is 0.0640 e. The average Bonchev–Trinajstić information content (AvgIpc) is 2.30. The number of aliphatic imine (C=N–C) groups is 1. The molecule has 2 heteroatoms. The largest absolute Gasteiger partial charge is 0.374 e. The van der Waals surface area contributed by atoms with Crippen molar-refractivity contribution in [1.82, 2.24) is 0 Å². The van der Waals surface area contributed by atoms with Gasteiger partial charge in [-0.05, 0) is 30.0 Å². The maximum absolute atomic E-state index is 4.27. The molecule has 84 valence electrons. The Morgan fingerprint density at radius 3 is 3.19 bits per heavy atom. The van der Waals surface area contributed by atoms with E-state index >= 15 is 0 Å². The Balaban J connectivity index is 2.20. The van der Waals surface area contributed by atoms with E-state index in [1.54, 1.807) is 12.3 Å². The first-order valence-corrected chi connectivity index (χ1v) is 5.75. The molecule has 0 spiro atoms. The van der Waals surface area contributed by atoms with E-state index in [0.29, 0.717) is 0 Å². The van der Waals surface area contributed by atoms with Gasteiger partial charge < -0.3 is 4.90 Å². The van der Waals surface area contributed by atoms with Gasteiger partial charge in [0.2, 0.25) is 0 Å². The van der Waals surface area contributed by atoms with Crippen molar-refractivity contribution in [3.05, 3.63) is 42.0 Å². The summed E-state index contributed by atoms with van der Waals surface area (Å²) in [4.78, 5) is 6.61. The van der Waals surface area contributed by atoms with Gasteiger partial charge in [-0.2, -0.15) is 0 Å². The van der Waals surface area contributed by atoms with E-state index in [4.69, 9.17) is 0 Å². The Labute approximate surface area is 97.3 Å². The maximum atomic E-state index is 4.27. The Morgan fingerprint density at radius 1 is 1.50 bits per heavy atom. The van der Waals surface area contributed by atoms with Crippen LogP contribution in [0.3, 0.4) is 0 Å². The van der Waals surface area contributed by atoms with Crippen LogP contribution in [0.5, 0.6) is 0 Å². The molecule has 0 amide bonds. The second kappa shape index (κ2) is 4.97. The van der Waals surface area contributed by atoms with Crippen LogP contribution in [0.25, 0.3) is 0 Å². The van der Waals surface area contributed by atoms with E-state index in [1.807, 2.05) is 0 Å². The van der Waals surface area contributed by atoms with Crippen molar-refractivity contribution in [2.24, 2.45) is 4.99 Å². The third kappa shape index (κ3) is 2.32. The molecular formula is C14H18N2. The number of hydrogen-bond acceptors (Lipinski definition) is 2. The molecule has 1 aliphatic rings. The fourth-order valence-electron chi connectivity index (χ4n) is 2.13. The minimum absolute atomic E-state index is 0.743. The van der Waals surface area contributed by atoms with Crippen LogP contribution in [0.4, 0.5) is 5.69 Å². The van der Waals surface area contributed by atoms with E-state index in [1.165, 1.54) is 29.7 Å². The molecule has 0 unspecified atom stereocenters. The van der Waals surface area contributed by atoms with Crippen molar-refractivity contribution in [3.8, 4) is 0 Å². The van der Waals surface area contributed by atoms with Crippen molar-refractivity contribution >= 4 is 11.9 Å². The predicted octanol–water partition coefficient (Wildman–Crippen LogP) is 2.83. The predicted molar refractivity (Wildman–Crippen MR) is 70.4 cm³/mol. The Bertz CT molecular complexity index is 407. The van der Waals surface area contributed by atoms with Gasteiger partial charge in [0, 0.05) is 25.5 Å². The molecule has 1 aliphatic heterocycles. The highest BCUT2D eigenvalue weighted by Gasteiger charge is 2.13. The lowest BCUT2D eigenvalue weighted by atomic mass is 10.00. The molecule has 2 nitrogen and oxygen atoms in total. The van der Waals surface area contributed by atoms with E-state index < -0.39 is 0 Å². The van der Waals surface area contributed by atoms with Crippen molar-refractivity contribution in [1.29, 1.82) is 0 Å². The topological polar surface area (TPSA) is 15.6 Å². The summed E-state index contributed by atoms with van der Waals surface area (Å²) in [6.45, 7) is 5.52. The van der Waals surface area contributed by atoms with Gasteiger partial charge >= 0.3 is 0 Å². The average molecular weight is 214 g/mol. The normalized spacial score (nSPS) is 15.2. The van der Waals surface area contributed by atoms with Crippen molar-refractivity contribution in [2.45, 2.75) is 19.4 Å². The zero-order chi connectivity index (χ0) is 11.4. The van der Waals surface area contributed by atoms with Gasteiger partial charge in [0.25, 0.3) is 0 Å². The first kappa shape index (κ1) is 10.9. The lowest BCUT2D eigenvalue weighted by Gasteiger charge is -2.27. The Morgan fingerprint density at radius 2 is 2.38 bits per heavy atom. The van der Waals surface area contributed by atoms with Gasteiger partial charge in [-0.15, -0.1) is 0 Å². The monoisotopic (exact) mass is 214 g/mol. The molecule has 0 saturated heterocycles. The van der Waals surface area contributed by atoms with Gasteiger partial charge in [0.1, 0.15) is 0 Å². The summed E-state index contributed by atoms with van der Waals surface area (Å²) >= 11 is 0. The van der Waals surface area contributed by atoms with Gasteiger partial charge in [0.05, 0.1) is 6.54 Å². The zero-order valence-electron chi connectivity index (χ0n) is 9.82. The number of fused-ring (bicyclic) bond motifs is 1.